The van der Waals surface area contributed by atoms with E-state index in [4.69, 9.17) is 4.74 Å². The maximum absolute atomic E-state index is 12.8. The average Bonchev–Trinajstić information content (AvgIpc) is 3.18. The molecule has 128 valence electrons. The number of carbonyl (C=O) groups is 1. The molecular weight excluding hydrogens is 304 g/mol. The number of hydrogen-bond acceptors (Lipinski definition) is 3. The van der Waals surface area contributed by atoms with Crippen molar-refractivity contribution in [2.75, 3.05) is 19.0 Å². The summed E-state index contributed by atoms with van der Waals surface area (Å²) in [6, 6.07) is 5.89. The Morgan fingerprint density at radius 2 is 2.25 bits per heavy atom. The third-order valence-electron chi connectivity index (χ3n) is 4.57. The van der Waals surface area contributed by atoms with Gasteiger partial charge in [-0.25, -0.2) is 9.78 Å². The van der Waals surface area contributed by atoms with Gasteiger partial charge in [-0.15, -0.1) is 0 Å². The van der Waals surface area contributed by atoms with Crippen molar-refractivity contribution in [2.24, 2.45) is 0 Å². The number of nitrogens with one attached hydrogen (secondary N) is 1. The fourth-order valence-corrected chi connectivity index (χ4v) is 3.22. The second kappa shape index (κ2) is 6.95. The molecule has 6 nitrogen and oxygen atoms in total. The number of likely N-dealkylation sites (tertiary alicyclic amines) is 1. The number of methoxy groups -OCH3 is 1. The first-order valence-electron chi connectivity index (χ1n) is 8.28. The van der Waals surface area contributed by atoms with Crippen LogP contribution in [0.5, 0.6) is 5.75 Å². The Morgan fingerprint density at radius 3 is 2.96 bits per heavy atom. The maximum atomic E-state index is 12.8. The smallest absolute Gasteiger partial charge is 0.322 e. The summed E-state index contributed by atoms with van der Waals surface area (Å²) in [7, 11) is 1.61. The van der Waals surface area contributed by atoms with Crippen molar-refractivity contribution in [3.63, 3.8) is 0 Å². The van der Waals surface area contributed by atoms with Gasteiger partial charge in [-0.1, -0.05) is 6.07 Å². The zero-order valence-electron chi connectivity index (χ0n) is 14.5. The summed E-state index contributed by atoms with van der Waals surface area (Å²) in [5, 5.41) is 3.01. The molecule has 1 aliphatic rings. The van der Waals surface area contributed by atoms with Crippen molar-refractivity contribution in [1.29, 1.82) is 0 Å². The van der Waals surface area contributed by atoms with Crippen molar-refractivity contribution >= 4 is 11.7 Å². The van der Waals surface area contributed by atoms with E-state index < -0.39 is 0 Å². The van der Waals surface area contributed by atoms with E-state index in [-0.39, 0.29) is 12.1 Å². The van der Waals surface area contributed by atoms with Gasteiger partial charge >= 0.3 is 6.03 Å². The van der Waals surface area contributed by atoms with E-state index in [1.165, 1.54) is 0 Å². The Bertz CT molecular complexity index is 726. The van der Waals surface area contributed by atoms with E-state index in [0.29, 0.717) is 11.4 Å². The number of benzene rings is 1. The average molecular weight is 328 g/mol. The van der Waals surface area contributed by atoms with E-state index in [2.05, 4.69) is 14.9 Å². The van der Waals surface area contributed by atoms with Crippen molar-refractivity contribution < 1.29 is 9.53 Å². The number of aromatic nitrogens is 2. The second-order valence-corrected chi connectivity index (χ2v) is 6.25. The minimum absolute atomic E-state index is 0.0702. The van der Waals surface area contributed by atoms with Crippen molar-refractivity contribution in [3.8, 4) is 5.75 Å². The van der Waals surface area contributed by atoms with Crippen LogP contribution in [0.1, 0.15) is 24.2 Å². The first kappa shape index (κ1) is 16.4. The molecule has 1 fully saturated rings. The minimum atomic E-state index is -0.0702. The lowest BCUT2D eigenvalue weighted by Gasteiger charge is -2.26. The van der Waals surface area contributed by atoms with Crippen LogP contribution in [0.3, 0.4) is 0 Å². The molecule has 0 bridgehead atoms. The SMILES string of the molecule is COc1ccc(C)cc1NC(=O)N1CCCC1Cn1ccnc1C. The first-order valence-corrected chi connectivity index (χ1v) is 8.28. The molecule has 3 rings (SSSR count). The largest absolute Gasteiger partial charge is 0.495 e. The first-order chi connectivity index (χ1) is 11.6. The Hall–Kier alpha value is -2.50. The highest BCUT2D eigenvalue weighted by Gasteiger charge is 2.29. The molecule has 1 aromatic carbocycles. The lowest BCUT2D eigenvalue weighted by atomic mass is 10.2. The molecule has 1 atom stereocenters. The topological polar surface area (TPSA) is 59.4 Å². The Labute approximate surface area is 142 Å². The predicted octanol–water partition coefficient (Wildman–Crippen LogP) is 3.21. The van der Waals surface area contributed by atoms with E-state index in [1.54, 1.807) is 13.3 Å². The van der Waals surface area contributed by atoms with E-state index >= 15 is 0 Å². The molecule has 2 amide bonds. The molecule has 1 aliphatic heterocycles. The van der Waals surface area contributed by atoms with Crippen LogP contribution >= 0.6 is 0 Å². The van der Waals surface area contributed by atoms with Gasteiger partial charge in [0.15, 0.2) is 0 Å². The number of rotatable bonds is 4. The van der Waals surface area contributed by atoms with Crippen molar-refractivity contribution in [2.45, 2.75) is 39.3 Å². The zero-order chi connectivity index (χ0) is 17.1. The van der Waals surface area contributed by atoms with Gasteiger partial charge in [0.2, 0.25) is 0 Å². The summed E-state index contributed by atoms with van der Waals surface area (Å²) in [5.41, 5.74) is 1.80. The van der Waals surface area contributed by atoms with Crippen LogP contribution in [0.2, 0.25) is 0 Å². The molecular formula is C18H24N4O2. The number of urea groups is 1. The molecule has 2 aromatic rings. The highest BCUT2D eigenvalue weighted by molar-refractivity contribution is 5.91. The number of hydrogen-bond donors (Lipinski definition) is 1. The molecule has 2 heterocycles. The molecule has 1 unspecified atom stereocenters. The van der Waals surface area contributed by atoms with Crippen molar-refractivity contribution in [1.82, 2.24) is 14.5 Å². The number of ether oxygens (including phenoxy) is 1. The zero-order valence-corrected chi connectivity index (χ0v) is 14.5. The number of carbonyl (C=O) groups excluding carboxylic acids is 1. The third-order valence-corrected chi connectivity index (χ3v) is 4.57. The van der Waals surface area contributed by atoms with Crippen LogP contribution < -0.4 is 10.1 Å². The van der Waals surface area contributed by atoms with Crippen LogP contribution in [-0.2, 0) is 6.54 Å². The molecule has 0 aliphatic carbocycles. The summed E-state index contributed by atoms with van der Waals surface area (Å²) in [6.45, 7) is 5.54. The summed E-state index contributed by atoms with van der Waals surface area (Å²) in [4.78, 5) is 18.9. The Balaban J connectivity index is 1.72. The van der Waals surface area contributed by atoms with Gasteiger partial charge in [-0.2, -0.15) is 0 Å². The Kier molecular flexibility index (Phi) is 4.74. The van der Waals surface area contributed by atoms with E-state index in [1.807, 2.05) is 43.1 Å². The monoisotopic (exact) mass is 328 g/mol. The molecule has 6 heteroatoms. The van der Waals surface area contributed by atoms with Gasteiger partial charge in [0.25, 0.3) is 0 Å². The van der Waals surface area contributed by atoms with Gasteiger partial charge in [0.1, 0.15) is 11.6 Å². The van der Waals surface area contributed by atoms with Gasteiger partial charge in [-0.3, -0.25) is 0 Å². The molecule has 0 radical (unpaired) electrons. The van der Waals surface area contributed by atoms with Crippen LogP contribution in [0.25, 0.3) is 0 Å². The van der Waals surface area contributed by atoms with E-state index in [0.717, 1.165) is 37.3 Å². The predicted molar refractivity (Wildman–Crippen MR) is 93.4 cm³/mol. The maximum Gasteiger partial charge on any atom is 0.322 e. The van der Waals surface area contributed by atoms with Crippen LogP contribution in [0.15, 0.2) is 30.6 Å². The molecule has 1 aromatic heterocycles. The molecule has 24 heavy (non-hydrogen) atoms. The summed E-state index contributed by atoms with van der Waals surface area (Å²) in [6.07, 6.45) is 5.80. The van der Waals surface area contributed by atoms with Gasteiger partial charge < -0.3 is 19.5 Å². The number of anilines is 1. The summed E-state index contributed by atoms with van der Waals surface area (Å²) in [5.74, 6) is 1.65. The number of aryl methyl sites for hydroxylation is 2. The highest BCUT2D eigenvalue weighted by atomic mass is 16.5. The molecule has 1 N–H and O–H groups in total. The molecule has 0 saturated carbocycles. The normalized spacial score (nSPS) is 17.1. The van der Waals surface area contributed by atoms with Crippen LogP contribution in [0, 0.1) is 13.8 Å². The highest BCUT2D eigenvalue weighted by Crippen LogP contribution is 2.27. The lowest BCUT2D eigenvalue weighted by molar-refractivity contribution is 0.200. The number of nitrogens with zero attached hydrogens (tertiary/aromatic N) is 3. The molecule has 0 spiro atoms. The number of imidazole rings is 1. The molecule has 1 saturated heterocycles. The van der Waals surface area contributed by atoms with Crippen LogP contribution in [0.4, 0.5) is 10.5 Å². The fraction of sp³-hybridized carbons (Fsp3) is 0.444. The summed E-state index contributed by atoms with van der Waals surface area (Å²) >= 11 is 0. The fourth-order valence-electron chi connectivity index (χ4n) is 3.22. The van der Waals surface area contributed by atoms with Crippen LogP contribution in [-0.4, -0.2) is 40.2 Å². The van der Waals surface area contributed by atoms with Crippen molar-refractivity contribution in [3.05, 3.63) is 42.0 Å². The second-order valence-electron chi connectivity index (χ2n) is 6.25. The lowest BCUT2D eigenvalue weighted by Crippen LogP contribution is -2.40. The van der Waals surface area contributed by atoms with E-state index in [9.17, 15) is 4.79 Å². The number of amides is 2. The Morgan fingerprint density at radius 1 is 1.42 bits per heavy atom. The van der Waals surface area contributed by atoms with Gasteiger partial charge in [0, 0.05) is 25.5 Å². The van der Waals surface area contributed by atoms with Gasteiger partial charge in [0.05, 0.1) is 18.8 Å². The standard InChI is InChI=1S/C18H24N4O2/c1-13-6-7-17(24-3)16(11-13)20-18(23)22-9-4-5-15(22)12-21-10-8-19-14(21)2/h6-8,10-11,15H,4-5,9,12H2,1-3H3,(H,20,23). The quantitative estimate of drug-likeness (QED) is 0.937. The minimum Gasteiger partial charge on any atom is -0.495 e. The van der Waals surface area contributed by atoms with Gasteiger partial charge in [-0.05, 0) is 44.4 Å². The summed E-state index contributed by atoms with van der Waals surface area (Å²) < 4.78 is 7.45. The third kappa shape index (κ3) is 3.37.